The van der Waals surface area contributed by atoms with Crippen LogP contribution in [0.15, 0.2) is 35.3 Å². The maximum atomic E-state index is 15.2. The molecule has 1 aromatic carbocycles. The predicted octanol–water partition coefficient (Wildman–Crippen LogP) is 1.76. The van der Waals surface area contributed by atoms with Crippen LogP contribution in [0.2, 0.25) is 0 Å². The van der Waals surface area contributed by atoms with Gasteiger partial charge in [0.2, 0.25) is 11.3 Å². The number of pyridine rings is 2. The molecule has 0 spiro atoms. The highest BCUT2D eigenvalue weighted by molar-refractivity contribution is 5.92. The van der Waals surface area contributed by atoms with Gasteiger partial charge in [0.05, 0.1) is 29.9 Å². The molecule has 3 N–H and O–H groups in total. The Kier molecular flexibility index (Phi) is 7.80. The van der Waals surface area contributed by atoms with Gasteiger partial charge in [-0.05, 0) is 30.7 Å². The fraction of sp³-hybridized carbons (Fsp3) is 0.414. The number of fused-ring (bicyclic) bond motifs is 1. The lowest BCUT2D eigenvalue weighted by molar-refractivity contribution is -0.119. The topological polar surface area (TPSA) is 151 Å². The number of carbonyl (C=O) groups is 3. The number of ether oxygens (including phenoxy) is 1. The Labute approximate surface area is 250 Å². The molecule has 3 fully saturated rings. The van der Waals surface area contributed by atoms with Gasteiger partial charge in [0.1, 0.15) is 23.1 Å². The van der Waals surface area contributed by atoms with Crippen LogP contribution in [0.3, 0.4) is 0 Å². The first-order chi connectivity index (χ1) is 21.1. The van der Waals surface area contributed by atoms with Crippen LogP contribution in [0.4, 0.5) is 30.8 Å². The minimum atomic E-state index is -1.40. The first-order valence-electron chi connectivity index (χ1n) is 14.3. The molecule has 1 unspecified atom stereocenters. The maximum Gasteiger partial charge on any atom is 0.414 e. The van der Waals surface area contributed by atoms with Crippen LogP contribution in [0, 0.1) is 11.6 Å². The summed E-state index contributed by atoms with van der Waals surface area (Å²) in [4.78, 5) is 61.6. The van der Waals surface area contributed by atoms with Crippen molar-refractivity contribution in [3.8, 4) is 0 Å². The van der Waals surface area contributed by atoms with Crippen LogP contribution in [0.1, 0.15) is 23.7 Å². The molecule has 15 heteroatoms. The van der Waals surface area contributed by atoms with Crippen molar-refractivity contribution in [2.24, 2.45) is 0 Å². The van der Waals surface area contributed by atoms with E-state index in [-0.39, 0.29) is 41.9 Å². The van der Waals surface area contributed by atoms with E-state index in [1.165, 1.54) is 17.9 Å². The summed E-state index contributed by atoms with van der Waals surface area (Å²) in [5, 5.41) is 11.7. The SMILES string of the molecule is CC(=O)NC[C@H]1CN(c2ccc(N3CCN(C4CCN(c5nc6[nH]cc(C(=O)O)c(=O)c6cc5F)C4)CC3)c(F)c2)C(=O)O1. The van der Waals surface area contributed by atoms with E-state index in [4.69, 9.17) is 4.74 Å². The van der Waals surface area contributed by atoms with Crippen molar-refractivity contribution in [3.05, 3.63) is 57.9 Å². The maximum absolute atomic E-state index is 15.2. The Hall–Kier alpha value is -4.79. The molecule has 2 atom stereocenters. The number of amides is 2. The molecule has 5 heterocycles. The van der Waals surface area contributed by atoms with Crippen LogP contribution in [0.5, 0.6) is 0 Å². The molecule has 13 nitrogen and oxygen atoms in total. The van der Waals surface area contributed by atoms with E-state index in [1.807, 2.05) is 9.80 Å². The van der Waals surface area contributed by atoms with Crippen LogP contribution in [-0.2, 0) is 9.53 Å². The molecule has 3 aliphatic heterocycles. The Morgan fingerprint density at radius 1 is 1.07 bits per heavy atom. The number of anilines is 3. The van der Waals surface area contributed by atoms with Gasteiger partial charge in [-0.1, -0.05) is 0 Å². The smallest absolute Gasteiger partial charge is 0.414 e. The van der Waals surface area contributed by atoms with Crippen molar-refractivity contribution < 1.29 is 33.0 Å². The second-order valence-electron chi connectivity index (χ2n) is 11.1. The number of carboxylic acid groups (broad SMARTS) is 1. The molecule has 6 rings (SSSR count). The second-order valence-corrected chi connectivity index (χ2v) is 11.1. The van der Waals surface area contributed by atoms with E-state index in [9.17, 15) is 24.3 Å². The molecule has 0 bridgehead atoms. The van der Waals surface area contributed by atoms with E-state index in [1.54, 1.807) is 12.1 Å². The largest absolute Gasteiger partial charge is 0.477 e. The zero-order valence-electron chi connectivity index (χ0n) is 23.9. The number of piperazine rings is 1. The number of carboxylic acids is 1. The van der Waals surface area contributed by atoms with E-state index in [2.05, 4.69) is 20.2 Å². The third kappa shape index (κ3) is 5.62. The predicted molar refractivity (Wildman–Crippen MR) is 156 cm³/mol. The lowest BCUT2D eigenvalue weighted by Crippen LogP contribution is -2.51. The number of carbonyl (C=O) groups excluding carboxylic acids is 2. The highest BCUT2D eigenvalue weighted by Crippen LogP contribution is 2.30. The van der Waals surface area contributed by atoms with Crippen molar-refractivity contribution in [2.75, 3.05) is 67.1 Å². The number of rotatable bonds is 7. The average Bonchev–Trinajstić information content (AvgIpc) is 3.63. The number of hydrogen-bond donors (Lipinski definition) is 3. The van der Waals surface area contributed by atoms with Crippen molar-refractivity contribution in [1.82, 2.24) is 20.2 Å². The summed E-state index contributed by atoms with van der Waals surface area (Å²) in [5.41, 5.74) is -0.336. The quantitative estimate of drug-likeness (QED) is 0.361. The molecular weight excluding hydrogens is 580 g/mol. The van der Waals surface area contributed by atoms with E-state index in [0.29, 0.717) is 50.6 Å². The molecule has 0 radical (unpaired) electrons. The number of H-pyrrole nitrogens is 1. The molecule has 3 aromatic rings. The summed E-state index contributed by atoms with van der Waals surface area (Å²) >= 11 is 0. The summed E-state index contributed by atoms with van der Waals surface area (Å²) in [6, 6.07) is 5.82. The van der Waals surface area contributed by atoms with Gasteiger partial charge in [0, 0.05) is 58.4 Å². The Morgan fingerprint density at radius 2 is 1.84 bits per heavy atom. The van der Waals surface area contributed by atoms with Crippen molar-refractivity contribution in [1.29, 1.82) is 0 Å². The molecule has 232 valence electrons. The summed E-state index contributed by atoms with van der Waals surface area (Å²) in [6.07, 6.45) is 0.728. The first-order valence-corrected chi connectivity index (χ1v) is 14.3. The summed E-state index contributed by atoms with van der Waals surface area (Å²) in [5.74, 6) is -2.67. The van der Waals surface area contributed by atoms with Crippen LogP contribution in [0.25, 0.3) is 11.0 Å². The Morgan fingerprint density at radius 3 is 2.55 bits per heavy atom. The number of cyclic esters (lactones) is 1. The number of aromatic carboxylic acids is 1. The number of nitrogens with zero attached hydrogens (tertiary/aromatic N) is 5. The number of nitrogens with one attached hydrogen (secondary N) is 2. The second kappa shape index (κ2) is 11.7. The van der Waals surface area contributed by atoms with Gasteiger partial charge < -0.3 is 29.9 Å². The number of aromatic amines is 1. The summed E-state index contributed by atoms with van der Waals surface area (Å²) in [6.45, 7) is 5.33. The van der Waals surface area contributed by atoms with Gasteiger partial charge >= 0.3 is 12.1 Å². The Bertz CT molecular complexity index is 1690. The minimum Gasteiger partial charge on any atom is -0.477 e. The summed E-state index contributed by atoms with van der Waals surface area (Å²) < 4.78 is 35.6. The fourth-order valence-electron chi connectivity index (χ4n) is 6.07. The highest BCUT2D eigenvalue weighted by Gasteiger charge is 2.34. The van der Waals surface area contributed by atoms with Crippen LogP contribution < -0.4 is 25.4 Å². The third-order valence-corrected chi connectivity index (χ3v) is 8.36. The zero-order valence-corrected chi connectivity index (χ0v) is 23.9. The van der Waals surface area contributed by atoms with Gasteiger partial charge in [-0.25, -0.2) is 23.4 Å². The molecule has 0 aliphatic carbocycles. The molecule has 0 saturated carbocycles. The van der Waals surface area contributed by atoms with Gasteiger partial charge in [0.15, 0.2) is 11.6 Å². The molecule has 3 aliphatic rings. The number of benzene rings is 1. The molecule has 2 aromatic heterocycles. The van der Waals surface area contributed by atoms with Gasteiger partial charge in [-0.15, -0.1) is 0 Å². The van der Waals surface area contributed by atoms with Crippen LogP contribution >= 0.6 is 0 Å². The minimum absolute atomic E-state index is 0.0999. The summed E-state index contributed by atoms with van der Waals surface area (Å²) in [7, 11) is 0. The van der Waals surface area contributed by atoms with Gasteiger partial charge in [-0.3, -0.25) is 19.4 Å². The molecule has 44 heavy (non-hydrogen) atoms. The zero-order chi connectivity index (χ0) is 31.1. The average molecular weight is 612 g/mol. The van der Waals surface area contributed by atoms with Crippen molar-refractivity contribution in [3.63, 3.8) is 0 Å². The fourth-order valence-corrected chi connectivity index (χ4v) is 6.07. The number of halogens is 2. The lowest BCUT2D eigenvalue weighted by atomic mass is 10.1. The normalized spacial score (nSPS) is 20.8. The number of hydrogen-bond acceptors (Lipinski definition) is 9. The molecular formula is C29H31F2N7O6. The monoisotopic (exact) mass is 611 g/mol. The van der Waals surface area contributed by atoms with Crippen molar-refractivity contribution in [2.45, 2.75) is 25.5 Å². The van der Waals surface area contributed by atoms with Crippen molar-refractivity contribution >= 4 is 46.2 Å². The lowest BCUT2D eigenvalue weighted by Gasteiger charge is -2.39. The standard InChI is InChI=1S/C29H31F2N7O6/c1-16(39)32-12-19-15-38(29(43)44-19)17-2-3-24(22(30)10-17)36-8-6-35(7-9-36)18-4-5-37(14-18)27-23(31)11-20-25(40)21(28(41)42)13-33-26(20)34-27/h2-3,10-11,13,18-19H,4-9,12,14-15H2,1H3,(H,32,39)(H,41,42)(H,33,34,40)/t18?,19-/m0/s1. The molecule has 3 saturated heterocycles. The number of aromatic nitrogens is 2. The highest BCUT2D eigenvalue weighted by atomic mass is 19.1. The first kappa shape index (κ1) is 29.3. The third-order valence-electron chi connectivity index (χ3n) is 8.36. The van der Waals surface area contributed by atoms with Gasteiger partial charge in [-0.2, -0.15) is 0 Å². The van der Waals surface area contributed by atoms with E-state index < -0.39 is 40.8 Å². The van der Waals surface area contributed by atoms with E-state index >= 15 is 8.78 Å². The van der Waals surface area contributed by atoms with Crippen LogP contribution in [-0.4, -0.2) is 102 Å². The Balaban J connectivity index is 1.06. The van der Waals surface area contributed by atoms with E-state index in [0.717, 1.165) is 18.7 Å². The van der Waals surface area contributed by atoms with Gasteiger partial charge in [0.25, 0.3) is 0 Å². The molecule has 2 amide bonds.